The predicted octanol–water partition coefficient (Wildman–Crippen LogP) is 1.97. The summed E-state index contributed by atoms with van der Waals surface area (Å²) in [5.74, 6) is 0.517. The molecule has 3 N–H and O–H groups in total. The molecule has 1 atom stereocenters. The van der Waals surface area contributed by atoms with Crippen LogP contribution in [-0.2, 0) is 11.3 Å². The number of hydrogen-bond donors (Lipinski definition) is 2. The number of halogens is 1. The van der Waals surface area contributed by atoms with Crippen molar-refractivity contribution in [3.8, 4) is 5.75 Å². The summed E-state index contributed by atoms with van der Waals surface area (Å²) >= 11 is 6.33. The summed E-state index contributed by atoms with van der Waals surface area (Å²) in [7, 11) is 3.00. The number of fused-ring (bicyclic) bond motifs is 1. The lowest BCUT2D eigenvalue weighted by Gasteiger charge is -2.21. The van der Waals surface area contributed by atoms with Crippen LogP contribution in [0.25, 0.3) is 0 Å². The van der Waals surface area contributed by atoms with Crippen molar-refractivity contribution in [3.05, 3.63) is 33.7 Å². The number of nitrogen functional groups attached to an aromatic ring is 1. The first-order valence-electron chi connectivity index (χ1n) is 9.88. The van der Waals surface area contributed by atoms with Crippen LogP contribution in [0.1, 0.15) is 38.8 Å². The summed E-state index contributed by atoms with van der Waals surface area (Å²) in [5, 5.41) is 2.83. The second-order valence-corrected chi connectivity index (χ2v) is 6.70. The van der Waals surface area contributed by atoms with Crippen LogP contribution in [0.5, 0.6) is 5.75 Å². The molecule has 1 aliphatic rings. The SMILES string of the molecule is [2H]C([2H])([2H])c1cnc(CN2CC(CC(=O)NC)c3c(Cl)nc(N)nc32)c(C)c1OC. The van der Waals surface area contributed by atoms with Gasteiger partial charge in [0.25, 0.3) is 0 Å². The number of rotatable bonds is 5. The fourth-order valence-corrected chi connectivity index (χ4v) is 3.67. The van der Waals surface area contributed by atoms with Gasteiger partial charge in [0.1, 0.15) is 16.7 Å². The van der Waals surface area contributed by atoms with Crippen molar-refractivity contribution < 1.29 is 13.6 Å². The van der Waals surface area contributed by atoms with Crippen LogP contribution >= 0.6 is 11.6 Å². The van der Waals surface area contributed by atoms with Gasteiger partial charge < -0.3 is 20.7 Å². The number of amides is 1. The summed E-state index contributed by atoms with van der Waals surface area (Å²) in [5.41, 5.74) is 7.76. The van der Waals surface area contributed by atoms with Crippen molar-refractivity contribution in [3.63, 3.8) is 0 Å². The van der Waals surface area contributed by atoms with Crippen LogP contribution in [0.4, 0.5) is 11.8 Å². The van der Waals surface area contributed by atoms with E-state index in [-0.39, 0.29) is 40.7 Å². The molecule has 0 aromatic carbocycles. The number of methoxy groups -OCH3 is 1. The average molecular weight is 394 g/mol. The Balaban J connectivity index is 1.99. The molecule has 3 rings (SSSR count). The highest BCUT2D eigenvalue weighted by molar-refractivity contribution is 6.30. The lowest BCUT2D eigenvalue weighted by atomic mass is 10.0. The Morgan fingerprint density at radius 3 is 3.00 bits per heavy atom. The van der Waals surface area contributed by atoms with Gasteiger partial charge in [-0.05, 0) is 13.8 Å². The van der Waals surface area contributed by atoms with Gasteiger partial charge in [-0.3, -0.25) is 9.78 Å². The number of anilines is 2. The Hall–Kier alpha value is -2.61. The molecule has 0 bridgehead atoms. The third kappa shape index (κ3) is 3.62. The zero-order chi connectivity index (χ0) is 22.2. The van der Waals surface area contributed by atoms with Crippen molar-refractivity contribution in [2.24, 2.45) is 0 Å². The molecule has 9 heteroatoms. The molecule has 0 aliphatic carbocycles. The van der Waals surface area contributed by atoms with E-state index < -0.39 is 6.85 Å². The van der Waals surface area contributed by atoms with E-state index in [4.69, 9.17) is 26.2 Å². The number of aromatic nitrogens is 3. The second-order valence-electron chi connectivity index (χ2n) is 6.34. The van der Waals surface area contributed by atoms with E-state index >= 15 is 0 Å². The normalized spacial score (nSPS) is 17.7. The molecule has 0 saturated carbocycles. The molecule has 0 saturated heterocycles. The molecule has 0 spiro atoms. The maximum absolute atomic E-state index is 12.0. The highest BCUT2D eigenvalue weighted by Gasteiger charge is 2.35. The van der Waals surface area contributed by atoms with Gasteiger partial charge in [0.15, 0.2) is 0 Å². The monoisotopic (exact) mass is 393 g/mol. The zero-order valence-corrected chi connectivity index (χ0v) is 16.1. The Bertz CT molecular complexity index is 985. The quantitative estimate of drug-likeness (QED) is 0.748. The van der Waals surface area contributed by atoms with E-state index in [1.54, 1.807) is 14.0 Å². The first-order chi connectivity index (χ1) is 14.1. The lowest BCUT2D eigenvalue weighted by Crippen LogP contribution is -2.26. The van der Waals surface area contributed by atoms with Crippen LogP contribution in [-0.4, -0.2) is 41.6 Å². The van der Waals surface area contributed by atoms with Crippen molar-refractivity contribution >= 4 is 29.3 Å². The largest absolute Gasteiger partial charge is 0.496 e. The standard InChI is InChI=1S/C18H23ClN6O2/c1-9-6-22-12(10(2)15(9)27-4)8-25-7-11(5-13(26)21-3)14-16(19)23-18(20)24-17(14)25/h6,11H,5,7-8H2,1-4H3,(H,21,26)(H2,20,23,24)/i1D3. The van der Waals surface area contributed by atoms with Gasteiger partial charge in [0.05, 0.1) is 19.3 Å². The van der Waals surface area contributed by atoms with Gasteiger partial charge in [0, 0.05) is 52.9 Å². The zero-order valence-electron chi connectivity index (χ0n) is 18.3. The minimum atomic E-state index is -2.34. The Labute approximate surface area is 167 Å². The lowest BCUT2D eigenvalue weighted by molar-refractivity contribution is -0.120. The van der Waals surface area contributed by atoms with Crippen LogP contribution in [0.15, 0.2) is 6.20 Å². The number of hydrogen-bond acceptors (Lipinski definition) is 7. The van der Waals surface area contributed by atoms with Crippen molar-refractivity contribution in [2.75, 3.05) is 31.3 Å². The number of nitrogens with zero attached hydrogens (tertiary/aromatic N) is 4. The smallest absolute Gasteiger partial charge is 0.223 e. The van der Waals surface area contributed by atoms with Gasteiger partial charge in [-0.15, -0.1) is 0 Å². The maximum atomic E-state index is 12.0. The third-order valence-corrected chi connectivity index (χ3v) is 4.96. The topological polar surface area (TPSA) is 106 Å². The minimum absolute atomic E-state index is 0.0318. The molecule has 2 aromatic rings. The number of nitrogens with one attached hydrogen (secondary N) is 1. The third-order valence-electron chi connectivity index (χ3n) is 4.67. The number of ether oxygens (including phenoxy) is 1. The molecule has 8 nitrogen and oxygen atoms in total. The molecule has 2 aromatic heterocycles. The van der Waals surface area contributed by atoms with E-state index in [9.17, 15) is 4.79 Å². The summed E-state index contributed by atoms with van der Waals surface area (Å²) < 4.78 is 28.4. The molecule has 144 valence electrons. The number of aryl methyl sites for hydroxylation is 1. The van der Waals surface area contributed by atoms with Crippen molar-refractivity contribution in [2.45, 2.75) is 32.7 Å². The minimum Gasteiger partial charge on any atom is -0.496 e. The van der Waals surface area contributed by atoms with Crippen molar-refractivity contribution in [1.82, 2.24) is 20.3 Å². The fraction of sp³-hybridized carbons (Fsp3) is 0.444. The van der Waals surface area contributed by atoms with Crippen molar-refractivity contribution in [1.29, 1.82) is 0 Å². The van der Waals surface area contributed by atoms with Gasteiger partial charge in [-0.2, -0.15) is 4.98 Å². The van der Waals surface area contributed by atoms with Gasteiger partial charge in [0.2, 0.25) is 11.9 Å². The van der Waals surface area contributed by atoms with E-state index in [1.807, 2.05) is 4.90 Å². The summed E-state index contributed by atoms with van der Waals surface area (Å²) in [4.78, 5) is 26.6. The molecule has 1 amide bonds. The summed E-state index contributed by atoms with van der Waals surface area (Å²) in [6.45, 7) is 0.199. The van der Waals surface area contributed by atoms with Crippen LogP contribution in [0, 0.1) is 13.8 Å². The fourth-order valence-electron chi connectivity index (χ4n) is 3.35. The first kappa shape index (κ1) is 15.4. The molecule has 1 aliphatic heterocycles. The molecule has 0 fully saturated rings. The summed E-state index contributed by atoms with van der Waals surface area (Å²) in [6, 6.07) is 0. The number of carbonyl (C=O) groups excluding carboxylic acids is 1. The predicted molar refractivity (Wildman–Crippen MR) is 104 cm³/mol. The Morgan fingerprint density at radius 1 is 1.56 bits per heavy atom. The first-order valence-corrected chi connectivity index (χ1v) is 8.76. The number of pyridine rings is 1. The molecule has 0 radical (unpaired) electrons. The molecular formula is C18H23ClN6O2. The number of nitrogens with two attached hydrogens (primary N) is 1. The van der Waals surface area contributed by atoms with E-state index in [1.165, 1.54) is 13.3 Å². The van der Waals surface area contributed by atoms with E-state index in [0.717, 1.165) is 0 Å². The van der Waals surface area contributed by atoms with Crippen LogP contribution < -0.4 is 20.7 Å². The molecule has 3 heterocycles. The van der Waals surface area contributed by atoms with E-state index in [0.29, 0.717) is 35.7 Å². The number of carbonyl (C=O) groups is 1. The van der Waals surface area contributed by atoms with E-state index in [2.05, 4.69) is 20.3 Å². The van der Waals surface area contributed by atoms with Gasteiger partial charge in [-0.1, -0.05) is 11.6 Å². The second kappa shape index (κ2) is 7.56. The molecule has 27 heavy (non-hydrogen) atoms. The maximum Gasteiger partial charge on any atom is 0.223 e. The molecular weight excluding hydrogens is 368 g/mol. The average Bonchev–Trinajstić information content (AvgIpc) is 2.99. The van der Waals surface area contributed by atoms with Crippen LogP contribution in [0.2, 0.25) is 5.15 Å². The van der Waals surface area contributed by atoms with Crippen LogP contribution in [0.3, 0.4) is 0 Å². The Kier molecular flexibility index (Phi) is 4.32. The highest BCUT2D eigenvalue weighted by atomic mass is 35.5. The van der Waals surface area contributed by atoms with Gasteiger partial charge >= 0.3 is 0 Å². The summed E-state index contributed by atoms with van der Waals surface area (Å²) in [6.07, 6.45) is 1.54. The Morgan fingerprint density at radius 2 is 2.33 bits per heavy atom. The van der Waals surface area contributed by atoms with Gasteiger partial charge in [-0.25, -0.2) is 4.98 Å². The molecule has 1 unspecified atom stereocenters. The highest BCUT2D eigenvalue weighted by Crippen LogP contribution is 2.41.